The molecule has 2 atom stereocenters. The third kappa shape index (κ3) is 3.48. The van der Waals surface area contributed by atoms with Gasteiger partial charge in [0.15, 0.2) is 0 Å². The lowest BCUT2D eigenvalue weighted by molar-refractivity contribution is 0.320. The lowest BCUT2D eigenvalue weighted by Crippen LogP contribution is -2.32. The first-order valence-corrected chi connectivity index (χ1v) is 7.09. The lowest BCUT2D eigenvalue weighted by Gasteiger charge is -2.23. The molecule has 88 valence electrons. The Balaban J connectivity index is 1.57. The van der Waals surface area contributed by atoms with Crippen LogP contribution in [-0.4, -0.2) is 12.6 Å². The third-order valence-corrected chi connectivity index (χ3v) is 4.55. The molecule has 0 aromatic carbocycles. The maximum Gasteiger partial charge on any atom is 0.00926 e. The second-order valence-electron chi connectivity index (χ2n) is 5.76. The van der Waals surface area contributed by atoms with Gasteiger partial charge in [0.1, 0.15) is 0 Å². The molecule has 2 aliphatic carbocycles. The predicted octanol–water partition coefficient (Wildman–Crippen LogP) is 3.74. The molecule has 0 radical (unpaired) electrons. The molecule has 2 fully saturated rings. The highest BCUT2D eigenvalue weighted by molar-refractivity contribution is 4.80. The topological polar surface area (TPSA) is 12.0 Å². The summed E-state index contributed by atoms with van der Waals surface area (Å²) in [7, 11) is 0. The molecule has 2 saturated carbocycles. The minimum absolute atomic E-state index is 0.841. The van der Waals surface area contributed by atoms with Crippen molar-refractivity contribution in [3.05, 3.63) is 0 Å². The Hall–Kier alpha value is -0.0400. The fraction of sp³-hybridized carbons (Fsp3) is 1.00. The molecule has 0 amide bonds. The monoisotopic (exact) mass is 209 g/mol. The largest absolute Gasteiger partial charge is 0.314 e. The van der Waals surface area contributed by atoms with E-state index in [4.69, 9.17) is 0 Å². The van der Waals surface area contributed by atoms with Gasteiger partial charge in [0.2, 0.25) is 0 Å². The molecule has 2 aliphatic rings. The van der Waals surface area contributed by atoms with Crippen molar-refractivity contribution in [3.63, 3.8) is 0 Å². The Morgan fingerprint density at radius 2 is 1.73 bits per heavy atom. The zero-order valence-corrected chi connectivity index (χ0v) is 10.3. The fourth-order valence-corrected chi connectivity index (χ4v) is 3.40. The zero-order valence-electron chi connectivity index (χ0n) is 10.3. The molecular formula is C14H27N. The van der Waals surface area contributed by atoms with Gasteiger partial charge in [-0.15, -0.1) is 0 Å². The Labute approximate surface area is 95.0 Å². The summed E-state index contributed by atoms with van der Waals surface area (Å²) in [6.45, 7) is 3.69. The van der Waals surface area contributed by atoms with Gasteiger partial charge in [-0.1, -0.05) is 45.4 Å². The van der Waals surface area contributed by atoms with Gasteiger partial charge in [0, 0.05) is 6.04 Å². The quantitative estimate of drug-likeness (QED) is 0.744. The van der Waals surface area contributed by atoms with Crippen molar-refractivity contribution >= 4 is 0 Å². The zero-order chi connectivity index (χ0) is 10.5. The molecule has 0 aromatic rings. The minimum Gasteiger partial charge on any atom is -0.314 e. The number of hydrogen-bond acceptors (Lipinski definition) is 1. The van der Waals surface area contributed by atoms with E-state index in [2.05, 4.69) is 12.2 Å². The maximum atomic E-state index is 3.78. The average molecular weight is 209 g/mol. The van der Waals surface area contributed by atoms with E-state index in [9.17, 15) is 0 Å². The van der Waals surface area contributed by atoms with E-state index in [0.717, 1.165) is 17.9 Å². The molecule has 0 spiro atoms. The summed E-state index contributed by atoms with van der Waals surface area (Å²) in [6, 6.07) is 0.841. The second kappa shape index (κ2) is 5.89. The van der Waals surface area contributed by atoms with Crippen LogP contribution in [-0.2, 0) is 0 Å². The van der Waals surface area contributed by atoms with Crippen LogP contribution in [0.3, 0.4) is 0 Å². The number of hydrogen-bond donors (Lipinski definition) is 1. The minimum atomic E-state index is 0.841. The highest BCUT2D eigenvalue weighted by atomic mass is 14.9. The maximum absolute atomic E-state index is 3.78. The van der Waals surface area contributed by atoms with Crippen molar-refractivity contribution < 1.29 is 0 Å². The van der Waals surface area contributed by atoms with Crippen LogP contribution in [0.15, 0.2) is 0 Å². The molecule has 0 bridgehead atoms. The van der Waals surface area contributed by atoms with E-state index in [0.29, 0.717) is 0 Å². The van der Waals surface area contributed by atoms with E-state index in [-0.39, 0.29) is 0 Å². The van der Waals surface area contributed by atoms with Crippen molar-refractivity contribution in [3.8, 4) is 0 Å². The molecular weight excluding hydrogens is 182 g/mol. The standard InChI is InChI=1S/C14H27N/c1-12-6-5-9-14(12)15-11-10-13-7-3-2-4-8-13/h12-15H,2-11H2,1H3. The number of rotatable bonds is 4. The smallest absolute Gasteiger partial charge is 0.00926 e. The molecule has 0 aromatic heterocycles. The second-order valence-corrected chi connectivity index (χ2v) is 5.76. The van der Waals surface area contributed by atoms with Gasteiger partial charge in [0.05, 0.1) is 0 Å². The van der Waals surface area contributed by atoms with Crippen molar-refractivity contribution in [1.82, 2.24) is 5.32 Å². The van der Waals surface area contributed by atoms with E-state index in [1.54, 1.807) is 0 Å². The molecule has 2 unspecified atom stereocenters. The molecule has 2 rings (SSSR count). The van der Waals surface area contributed by atoms with Gasteiger partial charge in [-0.05, 0) is 37.6 Å². The Morgan fingerprint density at radius 3 is 2.40 bits per heavy atom. The van der Waals surface area contributed by atoms with Crippen molar-refractivity contribution in [1.29, 1.82) is 0 Å². The number of nitrogens with one attached hydrogen (secondary N) is 1. The van der Waals surface area contributed by atoms with Crippen LogP contribution in [0.1, 0.15) is 64.7 Å². The van der Waals surface area contributed by atoms with Gasteiger partial charge < -0.3 is 5.32 Å². The first kappa shape index (κ1) is 11.4. The van der Waals surface area contributed by atoms with Crippen LogP contribution in [0, 0.1) is 11.8 Å². The molecule has 0 saturated heterocycles. The van der Waals surface area contributed by atoms with Crippen LogP contribution in [0.25, 0.3) is 0 Å². The summed E-state index contributed by atoms with van der Waals surface area (Å²) in [4.78, 5) is 0. The highest BCUT2D eigenvalue weighted by Gasteiger charge is 2.22. The molecule has 0 aliphatic heterocycles. The fourth-order valence-electron chi connectivity index (χ4n) is 3.40. The molecule has 1 heteroatoms. The molecule has 0 heterocycles. The van der Waals surface area contributed by atoms with Crippen molar-refractivity contribution in [2.24, 2.45) is 11.8 Å². The first-order chi connectivity index (χ1) is 7.36. The van der Waals surface area contributed by atoms with Gasteiger partial charge in [0.25, 0.3) is 0 Å². The normalized spacial score (nSPS) is 33.4. The van der Waals surface area contributed by atoms with Gasteiger partial charge in [-0.25, -0.2) is 0 Å². The lowest BCUT2D eigenvalue weighted by atomic mass is 9.87. The van der Waals surface area contributed by atoms with Crippen molar-refractivity contribution in [2.45, 2.75) is 70.8 Å². The Kier molecular flexibility index (Phi) is 4.49. The first-order valence-electron chi connectivity index (χ1n) is 7.09. The third-order valence-electron chi connectivity index (χ3n) is 4.55. The molecule has 1 nitrogen and oxygen atoms in total. The van der Waals surface area contributed by atoms with E-state index in [1.165, 1.54) is 64.3 Å². The van der Waals surface area contributed by atoms with Gasteiger partial charge >= 0.3 is 0 Å². The summed E-state index contributed by atoms with van der Waals surface area (Å²) in [6.07, 6.45) is 13.2. The van der Waals surface area contributed by atoms with Crippen molar-refractivity contribution in [2.75, 3.05) is 6.54 Å². The SMILES string of the molecule is CC1CCCC1NCCC1CCCCC1. The Bertz CT molecular complexity index is 172. The van der Waals surface area contributed by atoms with Crippen LogP contribution >= 0.6 is 0 Å². The van der Waals surface area contributed by atoms with Crippen LogP contribution in [0.4, 0.5) is 0 Å². The highest BCUT2D eigenvalue weighted by Crippen LogP contribution is 2.27. The molecule has 1 N–H and O–H groups in total. The molecule has 15 heavy (non-hydrogen) atoms. The summed E-state index contributed by atoms with van der Waals surface area (Å²) < 4.78 is 0. The predicted molar refractivity (Wildman–Crippen MR) is 66.0 cm³/mol. The summed E-state index contributed by atoms with van der Waals surface area (Å²) in [5, 5.41) is 3.78. The Morgan fingerprint density at radius 1 is 0.933 bits per heavy atom. The van der Waals surface area contributed by atoms with E-state index >= 15 is 0 Å². The van der Waals surface area contributed by atoms with Crippen LogP contribution in [0.2, 0.25) is 0 Å². The summed E-state index contributed by atoms with van der Waals surface area (Å²) in [5.74, 6) is 1.97. The summed E-state index contributed by atoms with van der Waals surface area (Å²) in [5.41, 5.74) is 0. The summed E-state index contributed by atoms with van der Waals surface area (Å²) >= 11 is 0. The van der Waals surface area contributed by atoms with Gasteiger partial charge in [-0.2, -0.15) is 0 Å². The van der Waals surface area contributed by atoms with Gasteiger partial charge in [-0.3, -0.25) is 0 Å². The van der Waals surface area contributed by atoms with E-state index in [1.807, 2.05) is 0 Å². The van der Waals surface area contributed by atoms with Crippen LogP contribution in [0.5, 0.6) is 0 Å². The van der Waals surface area contributed by atoms with E-state index < -0.39 is 0 Å². The average Bonchev–Trinajstić information content (AvgIpc) is 2.66. The van der Waals surface area contributed by atoms with Crippen LogP contribution < -0.4 is 5.32 Å².